The lowest BCUT2D eigenvalue weighted by molar-refractivity contribution is 0.101. The highest BCUT2D eigenvalue weighted by Crippen LogP contribution is 2.34. The predicted molar refractivity (Wildman–Crippen MR) is 77.8 cm³/mol. The normalized spacial score (nSPS) is 14.4. The number of hydrogen-bond acceptors (Lipinski definition) is 4. The van der Waals surface area contributed by atoms with Crippen molar-refractivity contribution >= 4 is 22.9 Å². The summed E-state index contributed by atoms with van der Waals surface area (Å²) in [6, 6.07) is 8.44. The third-order valence-corrected chi connectivity index (χ3v) is 4.19. The van der Waals surface area contributed by atoms with Crippen molar-refractivity contribution in [3.05, 3.63) is 46.3 Å². The molecule has 0 bridgehead atoms. The average molecular weight is 272 g/mol. The van der Waals surface area contributed by atoms with Crippen molar-refractivity contribution in [1.82, 2.24) is 4.98 Å². The molecule has 0 saturated heterocycles. The summed E-state index contributed by atoms with van der Waals surface area (Å²) >= 11 is 1.75. The van der Waals surface area contributed by atoms with E-state index in [0.29, 0.717) is 6.04 Å². The summed E-state index contributed by atoms with van der Waals surface area (Å²) in [7, 11) is 0. The zero-order chi connectivity index (χ0) is 13.2. The Balaban J connectivity index is 1.94. The van der Waals surface area contributed by atoms with Crippen LogP contribution in [0.5, 0.6) is 0 Å². The van der Waals surface area contributed by atoms with Gasteiger partial charge in [0.25, 0.3) is 0 Å². The first-order chi connectivity index (χ1) is 9.25. The van der Waals surface area contributed by atoms with Gasteiger partial charge in [-0.1, -0.05) is 6.07 Å². The number of nitrogens with zero attached hydrogens (tertiary/aromatic N) is 2. The van der Waals surface area contributed by atoms with Gasteiger partial charge in [-0.05, 0) is 43.3 Å². The highest BCUT2D eigenvalue weighted by atomic mass is 32.1. The van der Waals surface area contributed by atoms with Crippen LogP contribution in [0.2, 0.25) is 0 Å². The van der Waals surface area contributed by atoms with E-state index in [-0.39, 0.29) is 5.78 Å². The SMILES string of the molecule is CC(=O)c1cccnc1N(Cc1cccs1)C1CC1. The van der Waals surface area contributed by atoms with Gasteiger partial charge < -0.3 is 4.90 Å². The van der Waals surface area contributed by atoms with E-state index < -0.39 is 0 Å². The molecular weight excluding hydrogens is 256 g/mol. The minimum Gasteiger partial charge on any atom is -0.348 e. The van der Waals surface area contributed by atoms with E-state index >= 15 is 0 Å². The molecule has 0 unspecified atom stereocenters. The van der Waals surface area contributed by atoms with Gasteiger partial charge in [-0.2, -0.15) is 0 Å². The van der Waals surface area contributed by atoms with Crippen LogP contribution >= 0.6 is 11.3 Å². The minimum absolute atomic E-state index is 0.0833. The third-order valence-electron chi connectivity index (χ3n) is 3.33. The van der Waals surface area contributed by atoms with Gasteiger partial charge in [0.1, 0.15) is 5.82 Å². The molecule has 1 aliphatic carbocycles. The molecule has 2 aromatic heterocycles. The first-order valence-corrected chi connectivity index (χ1v) is 7.38. The molecule has 1 saturated carbocycles. The third kappa shape index (κ3) is 2.68. The molecule has 2 aromatic rings. The van der Waals surface area contributed by atoms with Crippen molar-refractivity contribution in [2.75, 3.05) is 4.90 Å². The lowest BCUT2D eigenvalue weighted by Gasteiger charge is -2.24. The van der Waals surface area contributed by atoms with Crippen LogP contribution in [0.4, 0.5) is 5.82 Å². The summed E-state index contributed by atoms with van der Waals surface area (Å²) in [5.74, 6) is 0.922. The second-order valence-electron chi connectivity index (χ2n) is 4.87. The van der Waals surface area contributed by atoms with E-state index in [4.69, 9.17) is 0 Å². The molecule has 19 heavy (non-hydrogen) atoms. The highest BCUT2D eigenvalue weighted by Gasteiger charge is 2.32. The zero-order valence-electron chi connectivity index (χ0n) is 10.9. The highest BCUT2D eigenvalue weighted by molar-refractivity contribution is 7.09. The monoisotopic (exact) mass is 272 g/mol. The van der Waals surface area contributed by atoms with E-state index in [2.05, 4.69) is 27.4 Å². The summed E-state index contributed by atoms with van der Waals surface area (Å²) in [5, 5.41) is 2.09. The van der Waals surface area contributed by atoms with E-state index in [1.165, 1.54) is 17.7 Å². The summed E-state index contributed by atoms with van der Waals surface area (Å²) in [5.41, 5.74) is 0.728. The van der Waals surface area contributed by atoms with Gasteiger partial charge in [0.15, 0.2) is 5.78 Å². The topological polar surface area (TPSA) is 33.2 Å². The van der Waals surface area contributed by atoms with Crippen LogP contribution in [-0.4, -0.2) is 16.8 Å². The Morgan fingerprint density at radius 2 is 2.26 bits per heavy atom. The number of Topliss-reactive ketones (excluding diaryl/α,β-unsaturated/α-hetero) is 1. The van der Waals surface area contributed by atoms with Crippen molar-refractivity contribution in [2.24, 2.45) is 0 Å². The Kier molecular flexibility index (Phi) is 3.34. The Bertz CT molecular complexity index is 576. The summed E-state index contributed by atoms with van der Waals surface area (Å²) in [6.45, 7) is 2.45. The fourth-order valence-electron chi connectivity index (χ4n) is 2.23. The second-order valence-corrected chi connectivity index (χ2v) is 5.90. The second kappa shape index (κ2) is 5.13. The van der Waals surface area contributed by atoms with Crippen LogP contribution in [0.15, 0.2) is 35.8 Å². The molecule has 3 rings (SSSR count). The maximum Gasteiger partial charge on any atom is 0.163 e. The number of hydrogen-bond donors (Lipinski definition) is 0. The summed E-state index contributed by atoms with van der Waals surface area (Å²) < 4.78 is 0. The molecule has 1 fully saturated rings. The molecule has 0 radical (unpaired) electrons. The summed E-state index contributed by atoms with van der Waals surface area (Å²) in [4.78, 5) is 19.8. The first kappa shape index (κ1) is 12.4. The number of pyridine rings is 1. The maximum absolute atomic E-state index is 11.8. The lowest BCUT2D eigenvalue weighted by atomic mass is 10.1. The van der Waals surface area contributed by atoms with E-state index in [0.717, 1.165) is 17.9 Å². The number of ketones is 1. The number of anilines is 1. The Labute approximate surface area is 116 Å². The van der Waals surface area contributed by atoms with Gasteiger partial charge in [-0.25, -0.2) is 4.98 Å². The molecule has 0 spiro atoms. The number of carbonyl (C=O) groups excluding carboxylic acids is 1. The number of aromatic nitrogens is 1. The molecule has 0 amide bonds. The molecule has 2 heterocycles. The van der Waals surface area contributed by atoms with Gasteiger partial charge in [0.2, 0.25) is 0 Å². The van der Waals surface area contributed by atoms with Crippen molar-refractivity contribution in [1.29, 1.82) is 0 Å². The first-order valence-electron chi connectivity index (χ1n) is 6.50. The zero-order valence-corrected chi connectivity index (χ0v) is 11.7. The van der Waals surface area contributed by atoms with Crippen LogP contribution in [0.3, 0.4) is 0 Å². The largest absolute Gasteiger partial charge is 0.348 e. The van der Waals surface area contributed by atoms with Gasteiger partial charge in [0, 0.05) is 17.1 Å². The minimum atomic E-state index is 0.0833. The Morgan fingerprint density at radius 1 is 1.42 bits per heavy atom. The van der Waals surface area contributed by atoms with Crippen molar-refractivity contribution in [3.63, 3.8) is 0 Å². The van der Waals surface area contributed by atoms with Crippen LogP contribution in [-0.2, 0) is 6.54 Å². The number of carbonyl (C=O) groups is 1. The predicted octanol–water partition coefficient (Wildman–Crippen LogP) is 3.51. The quantitative estimate of drug-likeness (QED) is 0.781. The van der Waals surface area contributed by atoms with E-state index in [1.807, 2.05) is 12.1 Å². The molecule has 0 aliphatic heterocycles. The molecule has 0 atom stereocenters. The van der Waals surface area contributed by atoms with Crippen LogP contribution in [0.1, 0.15) is 35.0 Å². The van der Waals surface area contributed by atoms with E-state index in [9.17, 15) is 4.79 Å². The fourth-order valence-corrected chi connectivity index (χ4v) is 2.94. The molecule has 98 valence electrons. The Hall–Kier alpha value is -1.68. The molecule has 0 aromatic carbocycles. The molecule has 3 nitrogen and oxygen atoms in total. The molecule has 1 aliphatic rings. The number of rotatable bonds is 5. The number of thiophene rings is 1. The van der Waals surface area contributed by atoms with Gasteiger partial charge in [-0.15, -0.1) is 11.3 Å². The van der Waals surface area contributed by atoms with Crippen molar-refractivity contribution in [3.8, 4) is 0 Å². The molecular formula is C15H16N2OS. The van der Waals surface area contributed by atoms with Crippen LogP contribution < -0.4 is 4.90 Å². The molecule has 4 heteroatoms. The van der Waals surface area contributed by atoms with Gasteiger partial charge in [-0.3, -0.25) is 4.79 Å². The smallest absolute Gasteiger partial charge is 0.163 e. The Morgan fingerprint density at radius 3 is 2.89 bits per heavy atom. The fraction of sp³-hybridized carbons (Fsp3) is 0.333. The lowest BCUT2D eigenvalue weighted by Crippen LogP contribution is -2.27. The summed E-state index contributed by atoms with van der Waals surface area (Å²) in [6.07, 6.45) is 4.16. The van der Waals surface area contributed by atoms with E-state index in [1.54, 1.807) is 24.5 Å². The standard InChI is InChI=1S/C15H16N2OS/c1-11(18)14-5-2-8-16-15(14)17(12-6-7-12)10-13-4-3-9-19-13/h2-5,8-9,12H,6-7,10H2,1H3. The van der Waals surface area contributed by atoms with Crippen LogP contribution in [0.25, 0.3) is 0 Å². The van der Waals surface area contributed by atoms with Crippen LogP contribution in [0, 0.1) is 0 Å². The maximum atomic E-state index is 11.8. The van der Waals surface area contributed by atoms with Crippen molar-refractivity contribution in [2.45, 2.75) is 32.4 Å². The van der Waals surface area contributed by atoms with Gasteiger partial charge >= 0.3 is 0 Å². The van der Waals surface area contributed by atoms with Crippen molar-refractivity contribution < 1.29 is 4.79 Å². The molecule has 0 N–H and O–H groups in total. The van der Waals surface area contributed by atoms with Gasteiger partial charge in [0.05, 0.1) is 12.1 Å². The average Bonchev–Trinajstić information content (AvgIpc) is 3.13.